The lowest BCUT2D eigenvalue weighted by Gasteiger charge is -2.30. The second-order valence-corrected chi connectivity index (χ2v) is 7.73. The highest BCUT2D eigenvalue weighted by Crippen LogP contribution is 2.36. The SMILES string of the molecule is CCN1CCC[C@H]1CN=CC1C(=O)N(c2ccccc2[N+](=O)[O-])C(=O)c2ccccc21. The molecule has 0 aromatic heterocycles. The lowest BCUT2D eigenvalue weighted by molar-refractivity contribution is -0.384. The predicted molar refractivity (Wildman–Crippen MR) is 118 cm³/mol. The number of nitrogens with zero attached hydrogens (tertiary/aromatic N) is 4. The number of benzene rings is 2. The van der Waals surface area contributed by atoms with Crippen LogP contribution in [0.15, 0.2) is 53.5 Å². The average molecular weight is 420 g/mol. The van der Waals surface area contributed by atoms with E-state index < -0.39 is 22.7 Å². The van der Waals surface area contributed by atoms with Crippen molar-refractivity contribution in [2.75, 3.05) is 24.5 Å². The van der Waals surface area contributed by atoms with E-state index in [2.05, 4.69) is 16.8 Å². The van der Waals surface area contributed by atoms with Gasteiger partial charge in [-0.15, -0.1) is 0 Å². The fourth-order valence-electron chi connectivity index (χ4n) is 4.44. The van der Waals surface area contributed by atoms with Gasteiger partial charge in [-0.2, -0.15) is 0 Å². The highest BCUT2D eigenvalue weighted by molar-refractivity contribution is 6.29. The van der Waals surface area contributed by atoms with Gasteiger partial charge in [0.05, 0.1) is 17.4 Å². The molecule has 160 valence electrons. The number of likely N-dealkylation sites (tertiary alicyclic amines) is 1. The smallest absolute Gasteiger partial charge is 0.293 e. The molecule has 1 unspecified atom stereocenters. The van der Waals surface area contributed by atoms with Crippen molar-refractivity contribution in [3.63, 3.8) is 0 Å². The molecule has 2 heterocycles. The van der Waals surface area contributed by atoms with Crippen molar-refractivity contribution in [1.82, 2.24) is 4.90 Å². The Labute approximate surface area is 180 Å². The highest BCUT2D eigenvalue weighted by Gasteiger charge is 2.41. The van der Waals surface area contributed by atoms with E-state index in [1.54, 1.807) is 36.5 Å². The van der Waals surface area contributed by atoms with Crippen LogP contribution in [0.5, 0.6) is 0 Å². The summed E-state index contributed by atoms with van der Waals surface area (Å²) in [5.41, 5.74) is 0.620. The number of rotatable bonds is 6. The quantitative estimate of drug-likeness (QED) is 0.309. The maximum Gasteiger partial charge on any atom is 0.293 e. The van der Waals surface area contributed by atoms with E-state index in [0.29, 0.717) is 23.7 Å². The fourth-order valence-corrected chi connectivity index (χ4v) is 4.44. The Balaban J connectivity index is 1.70. The molecule has 1 saturated heterocycles. The van der Waals surface area contributed by atoms with Crippen molar-refractivity contribution in [3.8, 4) is 0 Å². The maximum atomic E-state index is 13.4. The molecule has 2 aromatic carbocycles. The van der Waals surface area contributed by atoms with Crippen LogP contribution in [0, 0.1) is 10.1 Å². The number of fused-ring (bicyclic) bond motifs is 1. The summed E-state index contributed by atoms with van der Waals surface area (Å²) in [5, 5.41) is 11.5. The highest BCUT2D eigenvalue weighted by atomic mass is 16.6. The minimum absolute atomic E-state index is 0.0247. The summed E-state index contributed by atoms with van der Waals surface area (Å²) in [6.07, 6.45) is 3.81. The minimum Gasteiger partial charge on any atom is -0.299 e. The maximum absolute atomic E-state index is 13.4. The Kier molecular flexibility index (Phi) is 5.90. The number of aliphatic imine (C=N–C) groups is 1. The monoisotopic (exact) mass is 420 g/mol. The van der Waals surface area contributed by atoms with Crippen molar-refractivity contribution >= 4 is 29.4 Å². The number of hydrogen-bond donors (Lipinski definition) is 0. The number of carbonyl (C=O) groups excluding carboxylic acids is 2. The number of amides is 2. The summed E-state index contributed by atoms with van der Waals surface area (Å²) >= 11 is 0. The molecule has 2 aliphatic heterocycles. The lowest BCUT2D eigenvalue weighted by atomic mass is 9.88. The van der Waals surface area contributed by atoms with Gasteiger partial charge >= 0.3 is 0 Å². The van der Waals surface area contributed by atoms with Crippen LogP contribution in [-0.2, 0) is 4.79 Å². The first kappa shape index (κ1) is 20.9. The topological polar surface area (TPSA) is 96.1 Å². The van der Waals surface area contributed by atoms with Crippen molar-refractivity contribution in [2.24, 2.45) is 4.99 Å². The summed E-state index contributed by atoms with van der Waals surface area (Å²) in [4.78, 5) is 45.3. The largest absolute Gasteiger partial charge is 0.299 e. The standard InChI is InChI=1S/C23H24N4O4/c1-2-25-13-7-8-16(25)14-24-15-19-17-9-3-4-10-18(17)22(28)26(23(19)29)20-11-5-6-12-21(20)27(30)31/h3-6,9-12,15-16,19H,2,7-8,13-14H2,1H3/t16-,19?/m0/s1. The molecule has 2 aromatic rings. The number of para-hydroxylation sites is 2. The average Bonchev–Trinajstić information content (AvgIpc) is 3.24. The van der Waals surface area contributed by atoms with Crippen LogP contribution in [0.25, 0.3) is 0 Å². The fraction of sp³-hybridized carbons (Fsp3) is 0.348. The van der Waals surface area contributed by atoms with Gasteiger partial charge in [0.15, 0.2) is 0 Å². The number of anilines is 1. The lowest BCUT2D eigenvalue weighted by Crippen LogP contribution is -2.45. The van der Waals surface area contributed by atoms with Crippen LogP contribution in [0.4, 0.5) is 11.4 Å². The summed E-state index contributed by atoms with van der Waals surface area (Å²) in [7, 11) is 0. The number of nitro groups is 1. The van der Waals surface area contributed by atoms with E-state index in [0.717, 1.165) is 30.8 Å². The molecule has 2 atom stereocenters. The summed E-state index contributed by atoms with van der Waals surface area (Å²) in [5.74, 6) is -1.86. The molecule has 8 nitrogen and oxygen atoms in total. The van der Waals surface area contributed by atoms with E-state index >= 15 is 0 Å². The zero-order valence-corrected chi connectivity index (χ0v) is 17.3. The van der Waals surface area contributed by atoms with E-state index in [4.69, 9.17) is 0 Å². The Morgan fingerprint density at radius 3 is 2.68 bits per heavy atom. The van der Waals surface area contributed by atoms with Gasteiger partial charge in [0.2, 0.25) is 5.91 Å². The molecule has 0 spiro atoms. The molecule has 2 aliphatic rings. The third-order valence-electron chi connectivity index (χ3n) is 6.01. The number of carbonyl (C=O) groups is 2. The molecular weight excluding hydrogens is 396 g/mol. The van der Waals surface area contributed by atoms with Crippen LogP contribution in [0.3, 0.4) is 0 Å². The second-order valence-electron chi connectivity index (χ2n) is 7.73. The first-order chi connectivity index (χ1) is 15.0. The van der Waals surface area contributed by atoms with Gasteiger partial charge in [-0.3, -0.25) is 29.6 Å². The number of nitro benzene ring substituents is 1. The molecule has 0 aliphatic carbocycles. The Morgan fingerprint density at radius 1 is 1.16 bits per heavy atom. The number of likely N-dealkylation sites (N-methyl/N-ethyl adjacent to an activating group) is 1. The van der Waals surface area contributed by atoms with Gasteiger partial charge in [0, 0.05) is 23.9 Å². The van der Waals surface area contributed by atoms with Crippen molar-refractivity contribution in [1.29, 1.82) is 0 Å². The van der Waals surface area contributed by atoms with Crippen LogP contribution in [-0.4, -0.2) is 53.5 Å². The molecule has 1 fully saturated rings. The second kappa shape index (κ2) is 8.77. The zero-order valence-electron chi connectivity index (χ0n) is 17.3. The molecule has 0 N–H and O–H groups in total. The zero-order chi connectivity index (χ0) is 22.0. The van der Waals surface area contributed by atoms with Crippen molar-refractivity contribution in [3.05, 3.63) is 69.8 Å². The van der Waals surface area contributed by atoms with Gasteiger partial charge in [-0.05, 0) is 43.6 Å². The van der Waals surface area contributed by atoms with Crippen LogP contribution >= 0.6 is 0 Å². The number of hydrogen-bond acceptors (Lipinski definition) is 6. The van der Waals surface area contributed by atoms with Gasteiger partial charge in [-0.1, -0.05) is 37.3 Å². The normalized spacial score (nSPS) is 21.6. The molecule has 31 heavy (non-hydrogen) atoms. The summed E-state index contributed by atoms with van der Waals surface area (Å²) < 4.78 is 0. The summed E-state index contributed by atoms with van der Waals surface area (Å²) in [6, 6.07) is 13.0. The minimum atomic E-state index is -0.773. The molecular formula is C23H24N4O4. The van der Waals surface area contributed by atoms with Gasteiger partial charge in [0.25, 0.3) is 11.6 Å². The first-order valence-corrected chi connectivity index (χ1v) is 10.5. The van der Waals surface area contributed by atoms with Crippen LogP contribution < -0.4 is 4.90 Å². The first-order valence-electron chi connectivity index (χ1n) is 10.5. The van der Waals surface area contributed by atoms with Crippen LogP contribution in [0.2, 0.25) is 0 Å². The van der Waals surface area contributed by atoms with E-state index in [-0.39, 0.29) is 11.4 Å². The predicted octanol–water partition coefficient (Wildman–Crippen LogP) is 3.42. The molecule has 0 saturated carbocycles. The summed E-state index contributed by atoms with van der Waals surface area (Å²) in [6.45, 7) is 4.73. The third kappa shape index (κ3) is 3.86. The van der Waals surface area contributed by atoms with Gasteiger partial charge in [-0.25, -0.2) is 4.90 Å². The van der Waals surface area contributed by atoms with E-state index in [1.807, 2.05) is 0 Å². The molecule has 0 bridgehead atoms. The number of imide groups is 1. The molecule has 4 rings (SSSR count). The van der Waals surface area contributed by atoms with Crippen molar-refractivity contribution < 1.29 is 14.5 Å². The van der Waals surface area contributed by atoms with Gasteiger partial charge < -0.3 is 0 Å². The molecule has 0 radical (unpaired) electrons. The third-order valence-corrected chi connectivity index (χ3v) is 6.01. The molecule has 8 heteroatoms. The Hall–Kier alpha value is -3.39. The van der Waals surface area contributed by atoms with E-state index in [9.17, 15) is 19.7 Å². The van der Waals surface area contributed by atoms with E-state index in [1.165, 1.54) is 18.2 Å². The van der Waals surface area contributed by atoms with Gasteiger partial charge in [0.1, 0.15) is 5.69 Å². The van der Waals surface area contributed by atoms with Crippen LogP contribution in [0.1, 0.15) is 41.6 Å². The molecule has 2 amide bonds. The Bertz CT molecular complexity index is 1050. The van der Waals surface area contributed by atoms with Crippen molar-refractivity contribution in [2.45, 2.75) is 31.7 Å². The Morgan fingerprint density at radius 2 is 1.90 bits per heavy atom.